The number of ether oxygens (including phenoxy) is 1. The summed E-state index contributed by atoms with van der Waals surface area (Å²) in [7, 11) is -3.69. The van der Waals surface area contributed by atoms with Crippen molar-refractivity contribution in [2.75, 3.05) is 12.4 Å². The van der Waals surface area contributed by atoms with Crippen molar-refractivity contribution >= 4 is 16.0 Å². The van der Waals surface area contributed by atoms with Gasteiger partial charge in [-0.2, -0.15) is 0 Å². The first kappa shape index (κ1) is 18.6. The van der Waals surface area contributed by atoms with Crippen LogP contribution in [0.15, 0.2) is 30.3 Å². The lowest BCUT2D eigenvalue weighted by atomic mass is 10.0. The standard InChI is InChI=1S/C15H23NO5S/c1-3-12(2)14(15(17)18)16-22(19,20)10-9-21-11-13-7-5-4-6-8-13/h4-8,12,14,16H,3,9-11H2,1-2H3,(H,17,18)/t12-,14-/m0/s1. The Labute approximate surface area is 131 Å². The Bertz CT molecular complexity index is 559. The van der Waals surface area contributed by atoms with Gasteiger partial charge in [0.05, 0.1) is 19.0 Å². The number of carbonyl (C=O) groups is 1. The molecule has 1 rings (SSSR count). The summed E-state index contributed by atoms with van der Waals surface area (Å²) < 4.78 is 31.4. The summed E-state index contributed by atoms with van der Waals surface area (Å²) in [6.45, 7) is 3.85. The minimum atomic E-state index is -3.69. The highest BCUT2D eigenvalue weighted by atomic mass is 32.2. The van der Waals surface area contributed by atoms with Crippen LogP contribution in [0, 0.1) is 5.92 Å². The molecule has 2 N–H and O–H groups in total. The molecule has 0 saturated carbocycles. The Balaban J connectivity index is 2.44. The molecule has 7 heteroatoms. The molecule has 0 aromatic heterocycles. The van der Waals surface area contributed by atoms with Gasteiger partial charge < -0.3 is 9.84 Å². The minimum Gasteiger partial charge on any atom is -0.480 e. The highest BCUT2D eigenvalue weighted by Gasteiger charge is 2.28. The Kier molecular flexibility index (Phi) is 7.50. The first-order valence-electron chi connectivity index (χ1n) is 7.20. The summed E-state index contributed by atoms with van der Waals surface area (Å²) in [4.78, 5) is 11.1. The topological polar surface area (TPSA) is 92.7 Å². The molecule has 22 heavy (non-hydrogen) atoms. The fourth-order valence-electron chi connectivity index (χ4n) is 1.83. The zero-order valence-corrected chi connectivity index (χ0v) is 13.7. The van der Waals surface area contributed by atoms with Crippen molar-refractivity contribution in [1.82, 2.24) is 4.72 Å². The van der Waals surface area contributed by atoms with Crippen LogP contribution in [0.4, 0.5) is 0 Å². The number of carboxylic acids is 1. The van der Waals surface area contributed by atoms with E-state index in [0.717, 1.165) is 5.56 Å². The van der Waals surface area contributed by atoms with Gasteiger partial charge >= 0.3 is 5.97 Å². The molecule has 6 nitrogen and oxygen atoms in total. The van der Waals surface area contributed by atoms with Gasteiger partial charge in [-0.3, -0.25) is 4.79 Å². The fourth-order valence-corrected chi connectivity index (χ4v) is 3.01. The van der Waals surface area contributed by atoms with Gasteiger partial charge in [0.2, 0.25) is 10.0 Å². The molecular formula is C15H23NO5S. The predicted molar refractivity (Wildman–Crippen MR) is 83.9 cm³/mol. The minimum absolute atomic E-state index is 0.0110. The molecule has 0 fully saturated rings. The van der Waals surface area contributed by atoms with Crippen molar-refractivity contribution in [3.8, 4) is 0 Å². The monoisotopic (exact) mass is 329 g/mol. The fraction of sp³-hybridized carbons (Fsp3) is 0.533. The van der Waals surface area contributed by atoms with E-state index in [1.165, 1.54) is 0 Å². The van der Waals surface area contributed by atoms with Gasteiger partial charge in [0.25, 0.3) is 0 Å². The number of sulfonamides is 1. The first-order chi connectivity index (χ1) is 10.4. The molecule has 0 aliphatic heterocycles. The van der Waals surface area contributed by atoms with E-state index >= 15 is 0 Å². The summed E-state index contributed by atoms with van der Waals surface area (Å²) in [5.74, 6) is -1.71. The highest BCUT2D eigenvalue weighted by Crippen LogP contribution is 2.09. The van der Waals surface area contributed by atoms with E-state index in [0.29, 0.717) is 13.0 Å². The normalized spacial score (nSPS) is 14.5. The number of aliphatic carboxylic acids is 1. The van der Waals surface area contributed by atoms with Crippen molar-refractivity contribution in [2.24, 2.45) is 5.92 Å². The highest BCUT2D eigenvalue weighted by molar-refractivity contribution is 7.89. The average molecular weight is 329 g/mol. The largest absolute Gasteiger partial charge is 0.480 e. The lowest BCUT2D eigenvalue weighted by molar-refractivity contribution is -0.140. The molecule has 0 amide bonds. The third kappa shape index (κ3) is 6.55. The molecular weight excluding hydrogens is 306 g/mol. The molecule has 0 aliphatic carbocycles. The number of nitrogens with one attached hydrogen (secondary N) is 1. The smallest absolute Gasteiger partial charge is 0.322 e. The molecule has 0 spiro atoms. The maximum atomic E-state index is 11.9. The number of hydrogen-bond donors (Lipinski definition) is 2. The van der Waals surface area contributed by atoms with Crippen molar-refractivity contribution in [3.63, 3.8) is 0 Å². The number of rotatable bonds is 10. The predicted octanol–water partition coefficient (Wildman–Crippen LogP) is 1.62. The van der Waals surface area contributed by atoms with Crippen LogP contribution in [0.2, 0.25) is 0 Å². The van der Waals surface area contributed by atoms with Crippen LogP contribution in [-0.2, 0) is 26.2 Å². The second-order valence-electron chi connectivity index (χ2n) is 5.18. The number of hydrogen-bond acceptors (Lipinski definition) is 4. The van der Waals surface area contributed by atoms with Crippen LogP contribution in [0.1, 0.15) is 25.8 Å². The van der Waals surface area contributed by atoms with E-state index in [1.807, 2.05) is 37.3 Å². The summed E-state index contributed by atoms with van der Waals surface area (Å²) in [6.07, 6.45) is 0.573. The van der Waals surface area contributed by atoms with Crippen LogP contribution in [0.25, 0.3) is 0 Å². The van der Waals surface area contributed by atoms with Gasteiger partial charge in [-0.1, -0.05) is 50.6 Å². The molecule has 0 bridgehead atoms. The Hall–Kier alpha value is -1.44. The zero-order chi connectivity index (χ0) is 16.6. The van der Waals surface area contributed by atoms with Gasteiger partial charge in [-0.25, -0.2) is 13.1 Å². The van der Waals surface area contributed by atoms with E-state index in [1.54, 1.807) is 6.92 Å². The van der Waals surface area contributed by atoms with Crippen LogP contribution < -0.4 is 4.72 Å². The zero-order valence-electron chi connectivity index (χ0n) is 12.9. The van der Waals surface area contributed by atoms with Gasteiger partial charge in [0.1, 0.15) is 6.04 Å². The summed E-state index contributed by atoms with van der Waals surface area (Å²) >= 11 is 0. The van der Waals surface area contributed by atoms with Crippen LogP contribution in [-0.4, -0.2) is 37.9 Å². The van der Waals surface area contributed by atoms with Gasteiger partial charge in [-0.15, -0.1) is 0 Å². The van der Waals surface area contributed by atoms with E-state index in [2.05, 4.69) is 4.72 Å². The number of carboxylic acid groups (broad SMARTS) is 1. The second kappa shape index (κ2) is 8.87. The van der Waals surface area contributed by atoms with Crippen molar-refractivity contribution in [3.05, 3.63) is 35.9 Å². The van der Waals surface area contributed by atoms with E-state index in [-0.39, 0.29) is 18.3 Å². The summed E-state index contributed by atoms with van der Waals surface area (Å²) in [5.41, 5.74) is 0.955. The molecule has 2 atom stereocenters. The lowest BCUT2D eigenvalue weighted by Crippen LogP contribution is -2.46. The molecule has 0 aliphatic rings. The van der Waals surface area contributed by atoms with Crippen molar-refractivity contribution < 1.29 is 23.1 Å². The van der Waals surface area contributed by atoms with Gasteiger partial charge in [0, 0.05) is 0 Å². The Morgan fingerprint density at radius 1 is 1.32 bits per heavy atom. The molecule has 0 radical (unpaired) electrons. The van der Waals surface area contributed by atoms with Crippen LogP contribution in [0.3, 0.4) is 0 Å². The molecule has 1 aromatic rings. The SMILES string of the molecule is CC[C@H](C)[C@H](NS(=O)(=O)CCOCc1ccccc1)C(=O)O. The number of benzene rings is 1. The van der Waals surface area contributed by atoms with Crippen LogP contribution in [0.5, 0.6) is 0 Å². The summed E-state index contributed by atoms with van der Waals surface area (Å²) in [6, 6.07) is 8.30. The summed E-state index contributed by atoms with van der Waals surface area (Å²) in [5, 5.41) is 9.10. The quantitative estimate of drug-likeness (QED) is 0.636. The van der Waals surface area contributed by atoms with E-state index in [9.17, 15) is 13.2 Å². The van der Waals surface area contributed by atoms with Gasteiger partial charge in [-0.05, 0) is 11.5 Å². The van der Waals surface area contributed by atoms with E-state index < -0.39 is 22.0 Å². The third-order valence-electron chi connectivity index (χ3n) is 3.39. The van der Waals surface area contributed by atoms with Crippen LogP contribution >= 0.6 is 0 Å². The van der Waals surface area contributed by atoms with E-state index in [4.69, 9.17) is 9.84 Å². The molecule has 124 valence electrons. The Morgan fingerprint density at radius 2 is 1.95 bits per heavy atom. The lowest BCUT2D eigenvalue weighted by Gasteiger charge is -2.20. The van der Waals surface area contributed by atoms with Gasteiger partial charge in [0.15, 0.2) is 0 Å². The molecule has 0 unspecified atom stereocenters. The average Bonchev–Trinajstić information content (AvgIpc) is 2.49. The molecule has 1 aromatic carbocycles. The molecule has 0 saturated heterocycles. The van der Waals surface area contributed by atoms with Crippen molar-refractivity contribution in [2.45, 2.75) is 32.9 Å². The first-order valence-corrected chi connectivity index (χ1v) is 8.85. The maximum absolute atomic E-state index is 11.9. The Morgan fingerprint density at radius 3 is 2.50 bits per heavy atom. The van der Waals surface area contributed by atoms with Crippen molar-refractivity contribution in [1.29, 1.82) is 0 Å². The third-order valence-corrected chi connectivity index (χ3v) is 4.71. The molecule has 0 heterocycles. The maximum Gasteiger partial charge on any atom is 0.322 e. The second-order valence-corrected chi connectivity index (χ2v) is 7.05.